The van der Waals surface area contributed by atoms with E-state index in [4.69, 9.17) is 10.6 Å². The predicted octanol–water partition coefficient (Wildman–Crippen LogP) is 1.37. The molecule has 1 aromatic carbocycles. The van der Waals surface area contributed by atoms with Crippen LogP contribution in [0.15, 0.2) is 40.5 Å². The molecule has 0 fully saturated rings. The molecule has 14 heavy (non-hydrogen) atoms. The van der Waals surface area contributed by atoms with Gasteiger partial charge in [-0.3, -0.25) is 4.99 Å². The van der Waals surface area contributed by atoms with E-state index < -0.39 is 0 Å². The monoisotopic (exact) mass is 191 g/mol. The number of nitrogens with zero attached hydrogens (tertiary/aromatic N) is 2. The summed E-state index contributed by atoms with van der Waals surface area (Å²) in [5.41, 5.74) is 6.50. The highest BCUT2D eigenvalue weighted by molar-refractivity contribution is 5.97. The molecule has 0 bridgehead atoms. The molecule has 74 valence electrons. The lowest BCUT2D eigenvalue weighted by Gasteiger charge is -1.99. The van der Waals surface area contributed by atoms with E-state index in [0.29, 0.717) is 11.7 Å². The van der Waals surface area contributed by atoms with Crippen LogP contribution in [-0.4, -0.2) is 18.8 Å². The van der Waals surface area contributed by atoms with E-state index in [2.05, 4.69) is 10.1 Å². The minimum atomic E-state index is 0.341. The fourth-order valence-electron chi connectivity index (χ4n) is 0.818. The van der Waals surface area contributed by atoms with E-state index in [9.17, 15) is 0 Å². The molecule has 0 heterocycles. The second-order valence-corrected chi connectivity index (χ2v) is 2.68. The van der Waals surface area contributed by atoms with Crippen LogP contribution in [0.1, 0.15) is 12.5 Å². The highest BCUT2D eigenvalue weighted by atomic mass is 16.6. The van der Waals surface area contributed by atoms with Crippen molar-refractivity contribution in [2.75, 3.05) is 7.05 Å². The highest BCUT2D eigenvalue weighted by Gasteiger charge is 1.97. The summed E-state index contributed by atoms with van der Waals surface area (Å²) in [6.45, 7) is 1.71. The normalized spacial score (nSPS) is 12.7. The van der Waals surface area contributed by atoms with Crippen molar-refractivity contribution in [1.29, 1.82) is 0 Å². The molecule has 0 aliphatic heterocycles. The first kappa shape index (κ1) is 10.2. The second-order valence-electron chi connectivity index (χ2n) is 2.68. The van der Waals surface area contributed by atoms with E-state index in [1.807, 2.05) is 30.3 Å². The average molecular weight is 191 g/mol. The van der Waals surface area contributed by atoms with Crippen LogP contribution in [0.5, 0.6) is 0 Å². The van der Waals surface area contributed by atoms with Gasteiger partial charge in [0.15, 0.2) is 5.84 Å². The van der Waals surface area contributed by atoms with Crippen molar-refractivity contribution in [1.82, 2.24) is 0 Å². The minimum absolute atomic E-state index is 0.341. The number of oxime groups is 1. The molecule has 0 unspecified atom stereocenters. The Hall–Kier alpha value is -1.84. The Labute approximate surface area is 83.1 Å². The highest BCUT2D eigenvalue weighted by Crippen LogP contribution is 1.97. The SMILES string of the molecule is CN=C(C)O/N=C(\N)c1ccccc1. The molecule has 0 saturated carbocycles. The zero-order valence-corrected chi connectivity index (χ0v) is 8.27. The minimum Gasteiger partial charge on any atom is -0.380 e. The van der Waals surface area contributed by atoms with Gasteiger partial charge in [0.2, 0.25) is 5.90 Å². The third-order valence-electron chi connectivity index (χ3n) is 1.66. The zero-order valence-electron chi connectivity index (χ0n) is 8.27. The molecule has 4 nitrogen and oxygen atoms in total. The Morgan fingerprint density at radius 2 is 1.93 bits per heavy atom. The summed E-state index contributed by atoms with van der Waals surface area (Å²) in [5.74, 6) is 0.817. The lowest BCUT2D eigenvalue weighted by Crippen LogP contribution is -2.14. The van der Waals surface area contributed by atoms with Gasteiger partial charge in [-0.15, -0.1) is 0 Å². The van der Waals surface area contributed by atoms with Crippen molar-refractivity contribution < 1.29 is 4.84 Å². The molecule has 0 saturated heterocycles. The molecule has 2 N–H and O–H groups in total. The number of hydrogen-bond donors (Lipinski definition) is 1. The Kier molecular flexibility index (Phi) is 3.67. The average Bonchev–Trinajstić information content (AvgIpc) is 2.26. The van der Waals surface area contributed by atoms with Crippen LogP contribution in [0.3, 0.4) is 0 Å². The summed E-state index contributed by atoms with van der Waals surface area (Å²) in [5, 5.41) is 3.73. The van der Waals surface area contributed by atoms with Gasteiger partial charge in [-0.05, 0) is 0 Å². The van der Waals surface area contributed by atoms with Gasteiger partial charge in [-0.25, -0.2) is 0 Å². The standard InChI is InChI=1S/C10H13N3O/c1-8(12-2)14-13-10(11)9-6-4-3-5-7-9/h3-7H,1-2H3,(H2,11,13). The largest absolute Gasteiger partial charge is 0.380 e. The van der Waals surface area contributed by atoms with Crippen molar-refractivity contribution in [3.63, 3.8) is 0 Å². The molecule has 0 atom stereocenters. The summed E-state index contributed by atoms with van der Waals surface area (Å²) in [7, 11) is 1.63. The summed E-state index contributed by atoms with van der Waals surface area (Å²) in [4.78, 5) is 8.71. The van der Waals surface area contributed by atoms with Crippen LogP contribution >= 0.6 is 0 Å². The van der Waals surface area contributed by atoms with E-state index >= 15 is 0 Å². The number of aliphatic imine (C=N–C) groups is 1. The number of benzene rings is 1. The Morgan fingerprint density at radius 1 is 1.29 bits per heavy atom. The molecule has 0 aliphatic carbocycles. The Morgan fingerprint density at radius 3 is 2.50 bits per heavy atom. The van der Waals surface area contributed by atoms with Gasteiger partial charge >= 0.3 is 0 Å². The van der Waals surface area contributed by atoms with Crippen LogP contribution in [0.25, 0.3) is 0 Å². The quantitative estimate of drug-likeness (QED) is 0.436. The Bertz CT molecular complexity index is 344. The third kappa shape index (κ3) is 2.90. The van der Waals surface area contributed by atoms with E-state index in [1.54, 1.807) is 14.0 Å². The third-order valence-corrected chi connectivity index (χ3v) is 1.66. The molecule has 0 radical (unpaired) electrons. The molecular weight excluding hydrogens is 178 g/mol. The summed E-state index contributed by atoms with van der Waals surface area (Å²) >= 11 is 0. The molecule has 4 heteroatoms. The van der Waals surface area contributed by atoms with Gasteiger partial charge in [0, 0.05) is 19.5 Å². The molecular formula is C10H13N3O. The van der Waals surface area contributed by atoms with Gasteiger partial charge in [0.05, 0.1) is 0 Å². The molecule has 0 aliphatic rings. The zero-order chi connectivity index (χ0) is 10.4. The fourth-order valence-corrected chi connectivity index (χ4v) is 0.818. The Balaban J connectivity index is 2.71. The number of nitrogens with two attached hydrogens (primary N) is 1. The molecule has 0 spiro atoms. The summed E-state index contributed by atoms with van der Waals surface area (Å²) < 4.78 is 0. The number of rotatable bonds is 2. The molecule has 0 aromatic heterocycles. The smallest absolute Gasteiger partial charge is 0.216 e. The summed E-state index contributed by atoms with van der Waals surface area (Å²) in [6.07, 6.45) is 0. The van der Waals surface area contributed by atoms with Crippen LogP contribution in [-0.2, 0) is 4.84 Å². The predicted molar refractivity (Wildman–Crippen MR) is 57.3 cm³/mol. The fraction of sp³-hybridized carbons (Fsp3) is 0.200. The number of amidine groups is 1. The first-order valence-corrected chi connectivity index (χ1v) is 4.23. The first-order valence-electron chi connectivity index (χ1n) is 4.23. The van der Waals surface area contributed by atoms with Crippen molar-refractivity contribution in [3.05, 3.63) is 35.9 Å². The van der Waals surface area contributed by atoms with Crippen molar-refractivity contribution in [2.24, 2.45) is 15.9 Å². The van der Waals surface area contributed by atoms with Crippen LogP contribution < -0.4 is 5.73 Å². The summed E-state index contributed by atoms with van der Waals surface area (Å²) in [6, 6.07) is 9.41. The molecule has 0 amide bonds. The topological polar surface area (TPSA) is 60.0 Å². The second kappa shape index (κ2) is 5.01. The maximum absolute atomic E-state index is 5.67. The van der Waals surface area contributed by atoms with Gasteiger partial charge in [-0.2, -0.15) is 0 Å². The van der Waals surface area contributed by atoms with Gasteiger partial charge < -0.3 is 10.6 Å². The van der Waals surface area contributed by atoms with Crippen LogP contribution in [0, 0.1) is 0 Å². The van der Waals surface area contributed by atoms with E-state index in [-0.39, 0.29) is 0 Å². The van der Waals surface area contributed by atoms with Crippen molar-refractivity contribution in [2.45, 2.75) is 6.92 Å². The number of hydrogen-bond acceptors (Lipinski definition) is 3. The van der Waals surface area contributed by atoms with E-state index in [0.717, 1.165) is 5.56 Å². The molecule has 1 rings (SSSR count). The molecule has 1 aromatic rings. The lowest BCUT2D eigenvalue weighted by atomic mass is 10.2. The lowest BCUT2D eigenvalue weighted by molar-refractivity contribution is 0.324. The van der Waals surface area contributed by atoms with Crippen molar-refractivity contribution in [3.8, 4) is 0 Å². The van der Waals surface area contributed by atoms with Gasteiger partial charge in [0.25, 0.3) is 0 Å². The van der Waals surface area contributed by atoms with Crippen LogP contribution in [0.2, 0.25) is 0 Å². The van der Waals surface area contributed by atoms with Crippen LogP contribution in [0.4, 0.5) is 0 Å². The van der Waals surface area contributed by atoms with E-state index in [1.165, 1.54) is 0 Å². The first-order chi connectivity index (χ1) is 6.74. The maximum atomic E-state index is 5.67. The maximum Gasteiger partial charge on any atom is 0.216 e. The van der Waals surface area contributed by atoms with Crippen molar-refractivity contribution >= 4 is 11.7 Å². The van der Waals surface area contributed by atoms with Gasteiger partial charge in [0.1, 0.15) is 0 Å². The van der Waals surface area contributed by atoms with Gasteiger partial charge in [-0.1, -0.05) is 35.5 Å².